The number of ketones is 1. The predicted octanol–water partition coefficient (Wildman–Crippen LogP) is 4.47. The SMILES string of the molecule is CC(=O)C(C)(C)OCc1cc(-c2ccccn2)n(-c2ccccc2Cl)n1. The van der Waals surface area contributed by atoms with E-state index in [2.05, 4.69) is 10.1 Å². The van der Waals surface area contributed by atoms with Crippen LogP contribution in [0.2, 0.25) is 5.02 Å². The zero-order valence-corrected chi connectivity index (χ0v) is 15.7. The maximum atomic E-state index is 11.7. The van der Waals surface area contributed by atoms with Crippen molar-refractivity contribution in [1.29, 1.82) is 0 Å². The Kier molecular flexibility index (Phi) is 5.20. The monoisotopic (exact) mass is 369 g/mol. The van der Waals surface area contributed by atoms with Gasteiger partial charge in [0.2, 0.25) is 0 Å². The summed E-state index contributed by atoms with van der Waals surface area (Å²) in [6, 6.07) is 15.1. The Labute approximate surface area is 157 Å². The number of pyridine rings is 1. The molecule has 0 unspecified atom stereocenters. The van der Waals surface area contributed by atoms with Crippen LogP contribution in [0.1, 0.15) is 26.5 Å². The highest BCUT2D eigenvalue weighted by Crippen LogP contribution is 2.27. The zero-order valence-electron chi connectivity index (χ0n) is 14.9. The van der Waals surface area contributed by atoms with Crippen molar-refractivity contribution in [2.24, 2.45) is 0 Å². The lowest BCUT2D eigenvalue weighted by Crippen LogP contribution is -2.32. The number of carbonyl (C=O) groups excluding carboxylic acids is 1. The summed E-state index contributed by atoms with van der Waals surface area (Å²) in [5, 5.41) is 5.22. The second-order valence-corrected chi connectivity index (χ2v) is 6.86. The molecule has 0 radical (unpaired) electrons. The molecular formula is C20H20ClN3O2. The second-order valence-electron chi connectivity index (χ2n) is 6.45. The van der Waals surface area contributed by atoms with Gasteiger partial charge in [-0.3, -0.25) is 9.78 Å². The average Bonchev–Trinajstić information content (AvgIpc) is 3.05. The van der Waals surface area contributed by atoms with E-state index in [-0.39, 0.29) is 12.4 Å². The molecule has 0 amide bonds. The van der Waals surface area contributed by atoms with Gasteiger partial charge in [-0.25, -0.2) is 4.68 Å². The van der Waals surface area contributed by atoms with Crippen molar-refractivity contribution in [2.45, 2.75) is 33.0 Å². The van der Waals surface area contributed by atoms with Crippen LogP contribution >= 0.6 is 11.6 Å². The second kappa shape index (κ2) is 7.40. The molecule has 0 fully saturated rings. The molecule has 0 N–H and O–H groups in total. The molecule has 2 heterocycles. The lowest BCUT2D eigenvalue weighted by atomic mass is 10.1. The van der Waals surface area contributed by atoms with E-state index in [9.17, 15) is 4.79 Å². The molecule has 134 valence electrons. The van der Waals surface area contributed by atoms with Gasteiger partial charge in [-0.05, 0) is 51.1 Å². The average molecular weight is 370 g/mol. The van der Waals surface area contributed by atoms with Crippen LogP contribution in [-0.4, -0.2) is 26.1 Å². The molecule has 0 aliphatic heterocycles. The molecule has 1 aromatic carbocycles. The van der Waals surface area contributed by atoms with E-state index < -0.39 is 5.60 Å². The fourth-order valence-corrected chi connectivity index (χ4v) is 2.58. The summed E-state index contributed by atoms with van der Waals surface area (Å²) in [6.45, 7) is 5.23. The van der Waals surface area contributed by atoms with Crippen molar-refractivity contribution >= 4 is 17.4 Å². The van der Waals surface area contributed by atoms with Gasteiger partial charge in [0.05, 0.1) is 34.4 Å². The highest BCUT2D eigenvalue weighted by molar-refractivity contribution is 6.32. The van der Waals surface area contributed by atoms with Crippen LogP contribution in [0.15, 0.2) is 54.7 Å². The van der Waals surface area contributed by atoms with Gasteiger partial charge in [-0.15, -0.1) is 0 Å². The topological polar surface area (TPSA) is 57.0 Å². The molecule has 0 aliphatic carbocycles. The van der Waals surface area contributed by atoms with E-state index in [0.29, 0.717) is 10.7 Å². The first-order chi connectivity index (χ1) is 12.4. The molecule has 3 rings (SSSR count). The zero-order chi connectivity index (χ0) is 18.7. The number of hydrogen-bond donors (Lipinski definition) is 0. The number of hydrogen-bond acceptors (Lipinski definition) is 4. The summed E-state index contributed by atoms with van der Waals surface area (Å²) in [7, 11) is 0. The number of aromatic nitrogens is 3. The predicted molar refractivity (Wildman–Crippen MR) is 101 cm³/mol. The molecule has 0 spiro atoms. The van der Waals surface area contributed by atoms with E-state index in [4.69, 9.17) is 16.3 Å². The molecule has 3 aromatic rings. The standard InChI is InChI=1S/C20H20ClN3O2/c1-14(25)20(2,3)26-13-15-12-19(17-9-6-7-11-22-17)24(23-15)18-10-5-4-8-16(18)21/h4-12H,13H2,1-3H3. The van der Waals surface area contributed by atoms with Crippen LogP contribution in [0.3, 0.4) is 0 Å². The Balaban J connectivity index is 2.01. The first-order valence-corrected chi connectivity index (χ1v) is 8.66. The maximum Gasteiger partial charge on any atom is 0.161 e. The Morgan fingerprint density at radius 1 is 1.19 bits per heavy atom. The lowest BCUT2D eigenvalue weighted by molar-refractivity contribution is -0.139. The van der Waals surface area contributed by atoms with Gasteiger partial charge >= 0.3 is 0 Å². The van der Waals surface area contributed by atoms with Crippen molar-refractivity contribution in [3.05, 3.63) is 65.4 Å². The molecule has 0 saturated heterocycles. The van der Waals surface area contributed by atoms with E-state index >= 15 is 0 Å². The summed E-state index contributed by atoms with van der Waals surface area (Å²) >= 11 is 6.36. The van der Waals surface area contributed by atoms with E-state index in [1.165, 1.54) is 6.92 Å². The van der Waals surface area contributed by atoms with Crippen LogP contribution < -0.4 is 0 Å². The van der Waals surface area contributed by atoms with Crippen LogP contribution in [-0.2, 0) is 16.1 Å². The highest BCUT2D eigenvalue weighted by Gasteiger charge is 2.25. The number of halogens is 1. The number of para-hydroxylation sites is 1. The van der Waals surface area contributed by atoms with Crippen molar-refractivity contribution in [3.63, 3.8) is 0 Å². The number of benzene rings is 1. The van der Waals surface area contributed by atoms with Gasteiger partial charge in [0.25, 0.3) is 0 Å². The summed E-state index contributed by atoms with van der Waals surface area (Å²) in [4.78, 5) is 16.1. The normalized spacial score (nSPS) is 11.5. The summed E-state index contributed by atoms with van der Waals surface area (Å²) < 4.78 is 7.52. The molecular weight excluding hydrogens is 350 g/mol. The molecule has 0 saturated carbocycles. The van der Waals surface area contributed by atoms with Crippen LogP contribution in [0.5, 0.6) is 0 Å². The first-order valence-electron chi connectivity index (χ1n) is 8.29. The third kappa shape index (κ3) is 3.84. The first kappa shape index (κ1) is 18.3. The van der Waals surface area contributed by atoms with Crippen molar-refractivity contribution in [3.8, 4) is 17.1 Å². The van der Waals surface area contributed by atoms with Crippen LogP contribution in [0, 0.1) is 0 Å². The quantitative estimate of drug-likeness (QED) is 0.643. The number of Topliss-reactive ketones (excluding diaryl/α,β-unsaturated/α-hetero) is 1. The van der Waals surface area contributed by atoms with Gasteiger partial charge in [0, 0.05) is 6.20 Å². The smallest absolute Gasteiger partial charge is 0.161 e. The lowest BCUT2D eigenvalue weighted by Gasteiger charge is -2.21. The minimum Gasteiger partial charge on any atom is -0.361 e. The Bertz CT molecular complexity index is 920. The number of nitrogens with zero attached hydrogens (tertiary/aromatic N) is 3. The molecule has 5 nitrogen and oxygen atoms in total. The summed E-state index contributed by atoms with van der Waals surface area (Å²) in [5.41, 5.74) is 2.17. The van der Waals surface area contributed by atoms with Crippen LogP contribution in [0.4, 0.5) is 0 Å². The van der Waals surface area contributed by atoms with Crippen molar-refractivity contribution in [1.82, 2.24) is 14.8 Å². The van der Waals surface area contributed by atoms with E-state index in [1.807, 2.05) is 48.5 Å². The third-order valence-electron chi connectivity index (χ3n) is 4.20. The Morgan fingerprint density at radius 3 is 2.58 bits per heavy atom. The van der Waals surface area contributed by atoms with E-state index in [0.717, 1.165) is 17.1 Å². The maximum absolute atomic E-state index is 11.7. The largest absolute Gasteiger partial charge is 0.361 e. The fraction of sp³-hybridized carbons (Fsp3) is 0.250. The molecule has 0 aliphatic rings. The number of carbonyl (C=O) groups is 1. The van der Waals surface area contributed by atoms with Gasteiger partial charge in [-0.1, -0.05) is 29.8 Å². The Hall–Kier alpha value is -2.50. The molecule has 2 aromatic heterocycles. The van der Waals surface area contributed by atoms with Gasteiger partial charge < -0.3 is 4.74 Å². The van der Waals surface area contributed by atoms with Crippen molar-refractivity contribution in [2.75, 3.05) is 0 Å². The van der Waals surface area contributed by atoms with Crippen LogP contribution in [0.25, 0.3) is 17.1 Å². The van der Waals surface area contributed by atoms with Gasteiger partial charge in [-0.2, -0.15) is 5.10 Å². The third-order valence-corrected chi connectivity index (χ3v) is 4.52. The minimum absolute atomic E-state index is 0.0343. The van der Waals surface area contributed by atoms with Gasteiger partial charge in [0.1, 0.15) is 5.60 Å². The number of rotatable bonds is 6. The number of ether oxygens (including phenoxy) is 1. The minimum atomic E-state index is -0.862. The fourth-order valence-electron chi connectivity index (χ4n) is 2.36. The molecule has 6 heteroatoms. The summed E-state index contributed by atoms with van der Waals surface area (Å²) in [5.74, 6) is -0.0343. The molecule has 0 bridgehead atoms. The highest BCUT2D eigenvalue weighted by atomic mass is 35.5. The van der Waals surface area contributed by atoms with Gasteiger partial charge in [0.15, 0.2) is 5.78 Å². The Morgan fingerprint density at radius 2 is 1.92 bits per heavy atom. The van der Waals surface area contributed by atoms with Crippen molar-refractivity contribution < 1.29 is 9.53 Å². The van der Waals surface area contributed by atoms with E-state index in [1.54, 1.807) is 24.7 Å². The molecule has 0 atom stereocenters. The summed E-state index contributed by atoms with van der Waals surface area (Å²) in [6.07, 6.45) is 1.73. The molecule has 26 heavy (non-hydrogen) atoms.